The van der Waals surface area contributed by atoms with Crippen molar-refractivity contribution in [2.75, 3.05) is 0 Å². The Labute approximate surface area is 361 Å². The van der Waals surface area contributed by atoms with Gasteiger partial charge in [-0.25, -0.2) is 15.0 Å². The van der Waals surface area contributed by atoms with Crippen LogP contribution in [-0.4, -0.2) is 27.6 Å². The highest BCUT2D eigenvalue weighted by Crippen LogP contribution is 2.35. The Morgan fingerprint density at radius 1 is 0.306 bits per heavy atom. The normalized spacial score (nSPS) is 12.6. The van der Waals surface area contributed by atoms with Crippen molar-refractivity contribution in [3.63, 3.8) is 0 Å². The van der Waals surface area contributed by atoms with Gasteiger partial charge < -0.3 is 4.57 Å². The van der Waals surface area contributed by atoms with Crippen LogP contribution in [0.15, 0.2) is 231 Å². The Morgan fingerprint density at radius 2 is 0.774 bits per heavy atom. The molecule has 0 bridgehead atoms. The first kappa shape index (κ1) is 35.9. The monoisotopic (exact) mass is 806 g/mol. The average Bonchev–Trinajstić information content (AvgIpc) is 3.85. The minimum Gasteiger partial charge on any atom is -0.309 e. The van der Waals surface area contributed by atoms with Crippen LogP contribution in [0.5, 0.6) is 0 Å². The molecule has 0 atom stereocenters. The Balaban J connectivity index is 1.06. The summed E-state index contributed by atoms with van der Waals surface area (Å²) in [7, 11) is -2.87. The second kappa shape index (κ2) is 14.6. The van der Waals surface area contributed by atoms with Crippen LogP contribution < -0.4 is 20.7 Å². The number of rotatable bonds is 7. The van der Waals surface area contributed by atoms with E-state index in [-0.39, 0.29) is 0 Å². The molecule has 0 radical (unpaired) electrons. The lowest BCUT2D eigenvalue weighted by atomic mass is 10.1. The maximum atomic E-state index is 5.07. The molecule has 290 valence electrons. The van der Waals surface area contributed by atoms with Gasteiger partial charge >= 0.3 is 0 Å². The molecule has 0 saturated heterocycles. The first-order valence-electron chi connectivity index (χ1n) is 21.1. The third kappa shape index (κ3) is 5.70. The van der Waals surface area contributed by atoms with E-state index < -0.39 is 8.07 Å². The number of fused-ring (bicyclic) bond motifs is 6. The van der Waals surface area contributed by atoms with Crippen molar-refractivity contribution in [3.05, 3.63) is 231 Å². The quantitative estimate of drug-likeness (QED) is 0.151. The van der Waals surface area contributed by atoms with Crippen molar-refractivity contribution in [1.82, 2.24) is 19.5 Å². The van der Waals surface area contributed by atoms with Gasteiger partial charge in [0.15, 0.2) is 25.5 Å². The number of nitrogens with zero attached hydrogens (tertiary/aromatic N) is 4. The van der Waals surface area contributed by atoms with E-state index in [1.54, 1.807) is 0 Å². The molecule has 4 nitrogen and oxygen atoms in total. The van der Waals surface area contributed by atoms with Crippen LogP contribution in [0.25, 0.3) is 83.9 Å². The van der Waals surface area contributed by atoms with Crippen LogP contribution in [0.3, 0.4) is 0 Å². The number of benzene rings is 9. The molecule has 3 heterocycles. The zero-order chi connectivity index (χ0) is 41.0. The highest BCUT2D eigenvalue weighted by molar-refractivity contribution is 7.22. The number of hydrogen-bond acceptors (Lipinski definition) is 3. The minimum atomic E-state index is -2.87. The predicted molar refractivity (Wildman–Crippen MR) is 259 cm³/mol. The zero-order valence-electron chi connectivity index (χ0n) is 33.7. The van der Waals surface area contributed by atoms with Crippen LogP contribution >= 0.6 is 0 Å². The lowest BCUT2D eigenvalue weighted by molar-refractivity contribution is 1.07. The van der Waals surface area contributed by atoms with Gasteiger partial charge in [-0.05, 0) is 67.3 Å². The van der Waals surface area contributed by atoms with Crippen molar-refractivity contribution in [2.24, 2.45) is 0 Å². The Morgan fingerprint density at radius 3 is 1.39 bits per heavy atom. The van der Waals surface area contributed by atoms with E-state index in [9.17, 15) is 0 Å². The van der Waals surface area contributed by atoms with Crippen molar-refractivity contribution < 1.29 is 0 Å². The molecule has 2 aromatic heterocycles. The van der Waals surface area contributed by atoms with Crippen molar-refractivity contribution in [3.8, 4) is 62.1 Å². The molecule has 0 spiro atoms. The summed E-state index contributed by atoms with van der Waals surface area (Å²) < 4.78 is 2.43. The molecule has 11 aromatic rings. The Hall–Kier alpha value is -7.99. The molecule has 0 N–H and O–H groups in total. The van der Waals surface area contributed by atoms with Gasteiger partial charge in [-0.3, -0.25) is 0 Å². The summed E-state index contributed by atoms with van der Waals surface area (Å²) >= 11 is 0. The predicted octanol–water partition coefficient (Wildman–Crippen LogP) is 11.0. The molecule has 0 unspecified atom stereocenters. The van der Waals surface area contributed by atoms with Crippen molar-refractivity contribution in [2.45, 2.75) is 0 Å². The second-order valence-corrected chi connectivity index (χ2v) is 19.7. The highest BCUT2D eigenvalue weighted by Gasteiger charge is 2.48. The maximum Gasteiger partial charge on any atom is 0.180 e. The van der Waals surface area contributed by atoms with Crippen molar-refractivity contribution in [1.29, 1.82) is 0 Å². The fourth-order valence-electron chi connectivity index (χ4n) is 9.77. The largest absolute Gasteiger partial charge is 0.309 e. The summed E-state index contributed by atoms with van der Waals surface area (Å²) in [5.74, 6) is 1.96. The first-order chi connectivity index (χ1) is 30.7. The van der Waals surface area contributed by atoms with E-state index in [0.29, 0.717) is 17.5 Å². The Bertz CT molecular complexity index is 3350. The SMILES string of the molecule is c1ccc(-c2cccc(-n3c4ccccc4c4cc([Si]5(c6ccc(-c7nc(-c8ccccc8)nc(-c8ccccc8)n7)cc6)c6ccccc6-c6ccccc65)ccc43)c2)cc1. The molecule has 0 amide bonds. The fraction of sp³-hybridized carbons (Fsp3) is 0. The molecular weight excluding hydrogens is 769 g/mol. The molecule has 5 heteroatoms. The number of aromatic nitrogens is 4. The smallest absolute Gasteiger partial charge is 0.180 e. The summed E-state index contributed by atoms with van der Waals surface area (Å²) in [5, 5.41) is 7.98. The minimum absolute atomic E-state index is 0.651. The molecule has 62 heavy (non-hydrogen) atoms. The second-order valence-electron chi connectivity index (χ2n) is 16.0. The summed E-state index contributed by atoms with van der Waals surface area (Å²) in [6, 6.07) is 83.3. The van der Waals surface area contributed by atoms with Gasteiger partial charge in [0.2, 0.25) is 0 Å². The van der Waals surface area contributed by atoms with E-state index in [1.165, 1.54) is 64.8 Å². The third-order valence-corrected chi connectivity index (χ3v) is 17.4. The molecule has 9 aromatic carbocycles. The van der Waals surface area contributed by atoms with Crippen LogP contribution in [0.4, 0.5) is 0 Å². The van der Waals surface area contributed by atoms with Gasteiger partial charge in [0.05, 0.1) is 11.0 Å². The average molecular weight is 807 g/mol. The van der Waals surface area contributed by atoms with Gasteiger partial charge in [-0.2, -0.15) is 0 Å². The topological polar surface area (TPSA) is 43.6 Å². The molecule has 0 saturated carbocycles. The molecular formula is C57H38N4Si. The first-order valence-corrected chi connectivity index (χ1v) is 23.1. The van der Waals surface area contributed by atoms with Crippen molar-refractivity contribution >= 4 is 50.6 Å². The van der Waals surface area contributed by atoms with E-state index in [4.69, 9.17) is 15.0 Å². The molecule has 1 aliphatic rings. The fourth-order valence-corrected chi connectivity index (χ4v) is 14.9. The maximum absolute atomic E-state index is 5.07. The number of para-hydroxylation sites is 1. The van der Waals surface area contributed by atoms with Gasteiger partial charge in [0.1, 0.15) is 0 Å². The van der Waals surface area contributed by atoms with Crippen LogP contribution in [0, 0.1) is 0 Å². The zero-order valence-corrected chi connectivity index (χ0v) is 34.7. The van der Waals surface area contributed by atoms with Crippen LogP contribution in [0.2, 0.25) is 0 Å². The van der Waals surface area contributed by atoms with Crippen LogP contribution in [-0.2, 0) is 0 Å². The third-order valence-electron chi connectivity index (χ3n) is 12.5. The Kier molecular flexibility index (Phi) is 8.47. The summed E-state index contributed by atoms with van der Waals surface area (Å²) in [4.78, 5) is 15.1. The molecule has 0 aliphatic carbocycles. The van der Waals surface area contributed by atoms with Gasteiger partial charge in [-0.15, -0.1) is 0 Å². The van der Waals surface area contributed by atoms with Gasteiger partial charge in [-0.1, -0.05) is 206 Å². The molecule has 1 aliphatic heterocycles. The van der Waals surface area contributed by atoms with E-state index in [0.717, 1.165) is 22.4 Å². The number of hydrogen-bond donors (Lipinski definition) is 0. The van der Waals surface area contributed by atoms with Crippen LogP contribution in [0.1, 0.15) is 0 Å². The summed E-state index contributed by atoms with van der Waals surface area (Å²) in [6.07, 6.45) is 0. The lowest BCUT2D eigenvalue weighted by Crippen LogP contribution is -2.72. The van der Waals surface area contributed by atoms with Gasteiger partial charge in [0, 0.05) is 33.2 Å². The van der Waals surface area contributed by atoms with E-state index in [1.807, 2.05) is 36.4 Å². The van der Waals surface area contributed by atoms with E-state index in [2.05, 4.69) is 199 Å². The molecule has 0 fully saturated rings. The van der Waals surface area contributed by atoms with Gasteiger partial charge in [0.25, 0.3) is 0 Å². The summed E-state index contributed by atoms with van der Waals surface area (Å²) in [5.41, 5.74) is 11.4. The van der Waals surface area contributed by atoms with E-state index >= 15 is 0 Å². The standard InChI is InChI=1S/C57H38N4Si/c1-4-17-39(18-5-1)43-23-16-24-44(37-43)61-51-28-13-10-25-47(51)50-38-46(35-36-52(50)61)62(53-29-14-11-26-48(53)49-27-12-15-30-54(49)62)45-33-31-42(32-34-45)57-59-55(40-19-6-2-7-20-40)58-56(60-57)41-21-8-3-9-22-41/h1-38H. The highest BCUT2D eigenvalue weighted by atomic mass is 28.3. The molecule has 12 rings (SSSR count). The summed E-state index contributed by atoms with van der Waals surface area (Å²) in [6.45, 7) is 0. The lowest BCUT2D eigenvalue weighted by Gasteiger charge is -2.31.